The minimum Gasteiger partial charge on any atom is -0.508 e. The van der Waals surface area contributed by atoms with Crippen molar-refractivity contribution in [2.24, 2.45) is 4.99 Å². The Bertz CT molecular complexity index is 814. The highest BCUT2D eigenvalue weighted by molar-refractivity contribution is 14.0. The number of phenolic OH excluding ortho intramolecular Hbond substituents is 1. The highest BCUT2D eigenvalue weighted by Crippen LogP contribution is 2.18. The first-order valence-corrected chi connectivity index (χ1v) is 9.94. The third-order valence-corrected chi connectivity index (χ3v) is 4.06. The Kier molecular flexibility index (Phi) is 12.3. The molecule has 0 spiro atoms. The summed E-state index contributed by atoms with van der Waals surface area (Å²) in [5, 5.41) is 18.8. The monoisotopic (exact) mass is 526 g/mol. The van der Waals surface area contributed by atoms with E-state index in [0.717, 1.165) is 30.2 Å². The maximum absolute atomic E-state index is 12.1. The van der Waals surface area contributed by atoms with Gasteiger partial charge in [0.15, 0.2) is 5.96 Å². The number of ether oxygens (including phenoxy) is 1. The van der Waals surface area contributed by atoms with Gasteiger partial charge in [0.1, 0.15) is 11.5 Å². The van der Waals surface area contributed by atoms with Gasteiger partial charge in [-0.15, -0.1) is 24.0 Å². The number of hydrogen-bond acceptors (Lipinski definition) is 4. The number of rotatable bonds is 10. The number of hydrogen-bond donors (Lipinski definition) is 4. The van der Waals surface area contributed by atoms with Gasteiger partial charge in [-0.2, -0.15) is 0 Å². The molecule has 0 bridgehead atoms. The number of aromatic hydroxyl groups is 1. The average Bonchev–Trinajstić information content (AvgIpc) is 2.72. The number of carbonyl (C=O) groups excluding carboxylic acids is 1. The maximum atomic E-state index is 12.1. The van der Waals surface area contributed by atoms with Crippen molar-refractivity contribution in [2.75, 3.05) is 26.2 Å². The van der Waals surface area contributed by atoms with Crippen molar-refractivity contribution in [3.05, 3.63) is 59.7 Å². The summed E-state index contributed by atoms with van der Waals surface area (Å²) in [7, 11) is 0. The van der Waals surface area contributed by atoms with Crippen molar-refractivity contribution in [3.8, 4) is 11.5 Å². The number of amides is 1. The van der Waals surface area contributed by atoms with E-state index in [1.807, 2.05) is 38.1 Å². The van der Waals surface area contributed by atoms with Crippen molar-refractivity contribution in [3.63, 3.8) is 0 Å². The maximum Gasteiger partial charge on any atom is 0.251 e. The number of benzene rings is 2. The van der Waals surface area contributed by atoms with Gasteiger partial charge in [0.2, 0.25) is 0 Å². The molecular weight excluding hydrogens is 495 g/mol. The van der Waals surface area contributed by atoms with Crippen molar-refractivity contribution in [1.82, 2.24) is 16.0 Å². The molecular formula is C22H31IN4O3. The number of aliphatic imine (C=N–C) groups is 1. The summed E-state index contributed by atoms with van der Waals surface area (Å²) in [5.41, 5.74) is 1.48. The van der Waals surface area contributed by atoms with Gasteiger partial charge in [-0.25, -0.2) is 4.99 Å². The van der Waals surface area contributed by atoms with Crippen LogP contribution < -0.4 is 20.7 Å². The smallest absolute Gasteiger partial charge is 0.251 e. The zero-order chi connectivity index (χ0) is 20.9. The summed E-state index contributed by atoms with van der Waals surface area (Å²) >= 11 is 0. The third-order valence-electron chi connectivity index (χ3n) is 4.06. The minimum atomic E-state index is -0.200. The Balaban J connectivity index is 0.00000450. The summed E-state index contributed by atoms with van der Waals surface area (Å²) in [4.78, 5) is 16.7. The van der Waals surface area contributed by atoms with Gasteiger partial charge in [-0.3, -0.25) is 4.79 Å². The first-order chi connectivity index (χ1) is 14.1. The van der Waals surface area contributed by atoms with E-state index in [-0.39, 0.29) is 35.6 Å². The highest BCUT2D eigenvalue weighted by Gasteiger charge is 2.06. The van der Waals surface area contributed by atoms with Crippen LogP contribution in [-0.2, 0) is 6.54 Å². The fraction of sp³-hybridized carbons (Fsp3) is 0.364. The van der Waals surface area contributed by atoms with E-state index in [4.69, 9.17) is 4.74 Å². The van der Waals surface area contributed by atoms with Gasteiger partial charge in [-0.1, -0.05) is 24.3 Å². The molecule has 0 radical (unpaired) electrons. The second-order valence-corrected chi connectivity index (χ2v) is 6.32. The molecule has 0 aliphatic rings. The topological polar surface area (TPSA) is 95.0 Å². The first kappa shape index (κ1) is 25.5. The van der Waals surface area contributed by atoms with E-state index in [1.54, 1.807) is 12.1 Å². The fourth-order valence-corrected chi connectivity index (χ4v) is 2.68. The van der Waals surface area contributed by atoms with Crippen molar-refractivity contribution < 1.29 is 14.6 Å². The molecule has 0 aliphatic carbocycles. The molecule has 1 amide bonds. The Labute approximate surface area is 195 Å². The zero-order valence-corrected chi connectivity index (χ0v) is 19.8. The van der Waals surface area contributed by atoms with E-state index >= 15 is 0 Å². The van der Waals surface area contributed by atoms with Crippen LogP contribution in [0.5, 0.6) is 11.5 Å². The van der Waals surface area contributed by atoms with Crippen LogP contribution in [0.3, 0.4) is 0 Å². The van der Waals surface area contributed by atoms with Crippen LogP contribution in [0.4, 0.5) is 0 Å². The van der Waals surface area contributed by atoms with Crippen molar-refractivity contribution >= 4 is 35.8 Å². The number of halogens is 1. The lowest BCUT2D eigenvalue weighted by Crippen LogP contribution is -2.38. The lowest BCUT2D eigenvalue weighted by atomic mass is 10.2. The molecule has 2 aromatic rings. The van der Waals surface area contributed by atoms with Crippen LogP contribution in [0.2, 0.25) is 0 Å². The highest BCUT2D eigenvalue weighted by atomic mass is 127. The molecule has 0 saturated carbocycles. The summed E-state index contributed by atoms with van der Waals surface area (Å²) in [6, 6.07) is 14.2. The molecule has 0 atom stereocenters. The van der Waals surface area contributed by atoms with E-state index in [9.17, 15) is 9.90 Å². The molecule has 164 valence electrons. The quantitative estimate of drug-likeness (QED) is 0.165. The second-order valence-electron chi connectivity index (χ2n) is 6.32. The van der Waals surface area contributed by atoms with Gasteiger partial charge in [0, 0.05) is 30.8 Å². The molecule has 0 aliphatic heterocycles. The number of nitrogens with one attached hydrogen (secondary N) is 3. The third kappa shape index (κ3) is 8.89. The molecule has 4 N–H and O–H groups in total. The molecule has 8 heteroatoms. The van der Waals surface area contributed by atoms with Crippen LogP contribution in [0, 0.1) is 0 Å². The average molecular weight is 526 g/mol. The molecule has 30 heavy (non-hydrogen) atoms. The Morgan fingerprint density at radius 1 is 1.03 bits per heavy atom. The molecule has 0 saturated heterocycles. The first-order valence-electron chi connectivity index (χ1n) is 9.94. The van der Waals surface area contributed by atoms with Crippen LogP contribution in [0.1, 0.15) is 36.2 Å². The van der Waals surface area contributed by atoms with Crippen LogP contribution in [0.15, 0.2) is 53.5 Å². The van der Waals surface area contributed by atoms with E-state index in [2.05, 4.69) is 20.9 Å². The standard InChI is InChI=1S/C22H30N4O3.HI/c1-3-23-22(26-16-18-9-5-6-12-20(18)29-4-2)25-14-8-13-24-21(28)17-10-7-11-19(27)15-17;/h5-7,9-12,15,27H,3-4,8,13-14,16H2,1-2H3,(H,24,28)(H2,23,25,26);1H. The Morgan fingerprint density at radius 2 is 1.80 bits per heavy atom. The lowest BCUT2D eigenvalue weighted by Gasteiger charge is -2.13. The van der Waals surface area contributed by atoms with Crippen molar-refractivity contribution in [1.29, 1.82) is 0 Å². The number of guanidine groups is 1. The van der Waals surface area contributed by atoms with Gasteiger partial charge in [0.25, 0.3) is 5.91 Å². The van der Waals surface area contributed by atoms with E-state index in [0.29, 0.717) is 31.8 Å². The number of para-hydroxylation sites is 1. The lowest BCUT2D eigenvalue weighted by molar-refractivity contribution is 0.0953. The molecule has 0 aromatic heterocycles. The Hall–Kier alpha value is -2.49. The van der Waals surface area contributed by atoms with Gasteiger partial charge < -0.3 is 25.8 Å². The van der Waals surface area contributed by atoms with Crippen molar-refractivity contribution in [2.45, 2.75) is 26.8 Å². The SMILES string of the molecule is CCNC(=NCc1ccccc1OCC)NCCCNC(=O)c1cccc(O)c1.I. The minimum absolute atomic E-state index is 0. The molecule has 2 aromatic carbocycles. The summed E-state index contributed by atoms with van der Waals surface area (Å²) < 4.78 is 5.64. The van der Waals surface area contributed by atoms with Gasteiger partial charge in [-0.05, 0) is 44.5 Å². The summed E-state index contributed by atoms with van der Waals surface area (Å²) in [6.07, 6.45) is 0.741. The number of carbonyl (C=O) groups is 1. The second kappa shape index (κ2) is 14.5. The van der Waals surface area contributed by atoms with E-state index in [1.165, 1.54) is 12.1 Å². The van der Waals surface area contributed by atoms with Gasteiger partial charge >= 0.3 is 0 Å². The fourth-order valence-electron chi connectivity index (χ4n) is 2.68. The van der Waals surface area contributed by atoms with Crippen LogP contribution in [-0.4, -0.2) is 43.2 Å². The number of nitrogens with zero attached hydrogens (tertiary/aromatic N) is 1. The van der Waals surface area contributed by atoms with Gasteiger partial charge in [0.05, 0.1) is 13.2 Å². The molecule has 7 nitrogen and oxygen atoms in total. The summed E-state index contributed by atoms with van der Waals surface area (Å²) in [5.74, 6) is 1.45. The molecule has 0 unspecified atom stereocenters. The predicted octanol–water partition coefficient (Wildman–Crippen LogP) is 3.28. The normalized spacial score (nSPS) is 10.7. The summed E-state index contributed by atoms with van der Waals surface area (Å²) in [6.45, 7) is 7.05. The van der Waals surface area contributed by atoms with Crippen LogP contribution >= 0.6 is 24.0 Å². The largest absolute Gasteiger partial charge is 0.508 e. The zero-order valence-electron chi connectivity index (χ0n) is 17.5. The molecule has 2 rings (SSSR count). The van der Waals surface area contributed by atoms with Crippen LogP contribution in [0.25, 0.3) is 0 Å². The van der Waals surface area contributed by atoms with E-state index < -0.39 is 0 Å². The molecule has 0 fully saturated rings. The predicted molar refractivity (Wildman–Crippen MR) is 131 cm³/mol. The molecule has 0 heterocycles. The Morgan fingerprint density at radius 3 is 2.53 bits per heavy atom. The number of phenols is 1.